The molecule has 2 atom stereocenters. The topological polar surface area (TPSA) is 69.6 Å². The number of nitrogens with one attached hydrogen (secondary N) is 1. The second-order valence-electron chi connectivity index (χ2n) is 5.71. The quantitative estimate of drug-likeness (QED) is 0.829. The van der Waals surface area contributed by atoms with E-state index >= 15 is 0 Å². The third kappa shape index (κ3) is 3.55. The fourth-order valence-corrected chi connectivity index (χ4v) is 3.91. The molecular weight excluding hydrogens is 264 g/mol. The molecule has 0 aromatic rings. The summed E-state index contributed by atoms with van der Waals surface area (Å²) in [5, 5.41) is 12.7. The van der Waals surface area contributed by atoms with Crippen LogP contribution >= 0.6 is 11.8 Å². The summed E-state index contributed by atoms with van der Waals surface area (Å²) in [6, 6.07) is -0.111. The first-order chi connectivity index (χ1) is 9.01. The number of hydrogen-bond acceptors (Lipinski definition) is 3. The van der Waals surface area contributed by atoms with Gasteiger partial charge in [0.25, 0.3) is 0 Å². The fourth-order valence-electron chi connectivity index (χ4n) is 2.71. The van der Waals surface area contributed by atoms with Gasteiger partial charge in [0.15, 0.2) is 0 Å². The monoisotopic (exact) mass is 286 g/mol. The van der Waals surface area contributed by atoms with Crippen LogP contribution in [0.5, 0.6) is 0 Å². The van der Waals surface area contributed by atoms with E-state index in [9.17, 15) is 14.7 Å². The minimum Gasteiger partial charge on any atom is -0.481 e. The number of carbonyl (C=O) groups is 2. The van der Waals surface area contributed by atoms with Gasteiger partial charge in [-0.25, -0.2) is 4.79 Å². The average Bonchev–Trinajstić information content (AvgIpc) is 2.89. The highest BCUT2D eigenvalue weighted by molar-refractivity contribution is 8.00. The van der Waals surface area contributed by atoms with E-state index in [0.29, 0.717) is 31.3 Å². The molecule has 0 spiro atoms. The minimum atomic E-state index is -0.809. The van der Waals surface area contributed by atoms with Crippen molar-refractivity contribution in [1.82, 2.24) is 10.2 Å². The number of carboxylic acids is 1. The van der Waals surface area contributed by atoms with Gasteiger partial charge in [0, 0.05) is 24.9 Å². The number of hydrogen-bond donors (Lipinski definition) is 2. The van der Waals surface area contributed by atoms with Crippen LogP contribution in [0.1, 0.15) is 32.6 Å². The first-order valence-corrected chi connectivity index (χ1v) is 7.94. The Hall–Kier alpha value is -0.910. The van der Waals surface area contributed by atoms with Crippen LogP contribution in [0.3, 0.4) is 0 Å². The molecule has 0 bridgehead atoms. The molecule has 2 amide bonds. The van der Waals surface area contributed by atoms with Gasteiger partial charge in [-0.1, -0.05) is 0 Å². The molecule has 6 heteroatoms. The number of amides is 2. The number of likely N-dealkylation sites (tertiary alicyclic amines) is 1. The zero-order valence-corrected chi connectivity index (χ0v) is 12.2. The van der Waals surface area contributed by atoms with E-state index in [4.69, 9.17) is 0 Å². The molecule has 2 aliphatic heterocycles. The molecule has 2 N–H and O–H groups in total. The Morgan fingerprint density at radius 3 is 2.89 bits per heavy atom. The van der Waals surface area contributed by atoms with Crippen LogP contribution in [0, 0.1) is 5.41 Å². The second kappa shape index (κ2) is 6.03. The summed E-state index contributed by atoms with van der Waals surface area (Å²) in [7, 11) is 0. The predicted molar refractivity (Wildman–Crippen MR) is 75.4 cm³/mol. The summed E-state index contributed by atoms with van der Waals surface area (Å²) in [5.74, 6) is 0.373. The number of piperidine rings is 1. The molecule has 2 unspecified atom stereocenters. The van der Waals surface area contributed by atoms with Gasteiger partial charge in [-0.2, -0.15) is 11.8 Å². The van der Waals surface area contributed by atoms with E-state index in [1.165, 1.54) is 12.2 Å². The first-order valence-electron chi connectivity index (χ1n) is 6.89. The van der Waals surface area contributed by atoms with Crippen molar-refractivity contribution in [2.24, 2.45) is 5.41 Å². The number of urea groups is 1. The minimum absolute atomic E-state index is 0.111. The lowest BCUT2D eigenvalue weighted by atomic mass is 9.82. The van der Waals surface area contributed by atoms with E-state index in [0.717, 1.165) is 12.8 Å². The lowest BCUT2D eigenvalue weighted by molar-refractivity contribution is -0.150. The summed E-state index contributed by atoms with van der Waals surface area (Å²) >= 11 is 1.91. The molecule has 0 saturated carbocycles. The summed E-state index contributed by atoms with van der Waals surface area (Å²) in [6.45, 7) is 3.39. The number of carboxylic acid groups (broad SMARTS) is 1. The lowest BCUT2D eigenvalue weighted by Crippen LogP contribution is -2.52. The van der Waals surface area contributed by atoms with Gasteiger partial charge in [-0.05, 0) is 38.4 Å². The maximum absolute atomic E-state index is 12.1. The first kappa shape index (κ1) is 14.5. The standard InChI is InChI=1S/C13H22N2O3S/c1-13(11(16)17)5-3-6-15(9-13)12(18)14-8-10-4-2-7-19-10/h10H,2-9H2,1H3,(H,14,18)(H,16,17). The number of aliphatic carboxylic acids is 1. The maximum Gasteiger partial charge on any atom is 0.317 e. The summed E-state index contributed by atoms with van der Waals surface area (Å²) in [6.07, 6.45) is 3.79. The van der Waals surface area contributed by atoms with Crippen molar-refractivity contribution >= 4 is 23.8 Å². The molecule has 2 heterocycles. The highest BCUT2D eigenvalue weighted by Gasteiger charge is 2.39. The molecule has 2 rings (SSSR count). The fraction of sp³-hybridized carbons (Fsp3) is 0.846. The summed E-state index contributed by atoms with van der Waals surface area (Å²) < 4.78 is 0. The van der Waals surface area contributed by atoms with Gasteiger partial charge >= 0.3 is 12.0 Å². The number of rotatable bonds is 3. The van der Waals surface area contributed by atoms with Gasteiger partial charge in [-0.15, -0.1) is 0 Å². The normalized spacial score (nSPS) is 31.2. The summed E-state index contributed by atoms with van der Waals surface area (Å²) in [5.41, 5.74) is -0.794. The van der Waals surface area contributed by atoms with E-state index in [2.05, 4.69) is 5.32 Å². The van der Waals surface area contributed by atoms with Crippen molar-refractivity contribution in [2.45, 2.75) is 37.9 Å². The molecule has 19 heavy (non-hydrogen) atoms. The molecule has 108 valence electrons. The molecule has 2 aliphatic rings. The lowest BCUT2D eigenvalue weighted by Gasteiger charge is -2.37. The molecule has 0 aliphatic carbocycles. The van der Waals surface area contributed by atoms with E-state index in [-0.39, 0.29) is 6.03 Å². The maximum atomic E-state index is 12.1. The van der Waals surface area contributed by atoms with Gasteiger partial charge in [0.05, 0.1) is 5.41 Å². The highest BCUT2D eigenvalue weighted by atomic mass is 32.2. The summed E-state index contributed by atoms with van der Waals surface area (Å²) in [4.78, 5) is 25.0. The van der Waals surface area contributed by atoms with Crippen molar-refractivity contribution in [3.8, 4) is 0 Å². The molecule has 2 fully saturated rings. The predicted octanol–water partition coefficient (Wildman–Crippen LogP) is 1.78. The molecule has 0 aromatic carbocycles. The van der Waals surface area contributed by atoms with Gasteiger partial charge in [0.1, 0.15) is 0 Å². The van der Waals surface area contributed by atoms with Crippen LogP contribution in [0.15, 0.2) is 0 Å². The molecule has 5 nitrogen and oxygen atoms in total. The van der Waals surface area contributed by atoms with Crippen LogP contribution in [-0.2, 0) is 4.79 Å². The zero-order chi connectivity index (χ0) is 13.9. The van der Waals surface area contributed by atoms with Crippen LogP contribution in [0.2, 0.25) is 0 Å². The van der Waals surface area contributed by atoms with Gasteiger partial charge in [-0.3, -0.25) is 4.79 Å². The van der Waals surface area contributed by atoms with Crippen LogP contribution in [0.4, 0.5) is 4.79 Å². The highest BCUT2D eigenvalue weighted by Crippen LogP contribution is 2.30. The Morgan fingerprint density at radius 2 is 2.26 bits per heavy atom. The number of thioether (sulfide) groups is 1. The largest absolute Gasteiger partial charge is 0.481 e. The third-order valence-corrected chi connectivity index (χ3v) is 5.40. The number of nitrogens with zero attached hydrogens (tertiary/aromatic N) is 1. The second-order valence-corrected chi connectivity index (χ2v) is 7.12. The van der Waals surface area contributed by atoms with Crippen molar-refractivity contribution in [1.29, 1.82) is 0 Å². The van der Waals surface area contributed by atoms with E-state index in [1.807, 2.05) is 11.8 Å². The van der Waals surface area contributed by atoms with E-state index < -0.39 is 11.4 Å². The van der Waals surface area contributed by atoms with Crippen molar-refractivity contribution in [3.05, 3.63) is 0 Å². The average molecular weight is 286 g/mol. The molecule has 0 radical (unpaired) electrons. The van der Waals surface area contributed by atoms with Crippen molar-refractivity contribution in [2.75, 3.05) is 25.4 Å². The third-order valence-electron chi connectivity index (χ3n) is 4.00. The Balaban J connectivity index is 1.83. The molecular formula is C13H22N2O3S. The van der Waals surface area contributed by atoms with Crippen LogP contribution < -0.4 is 5.32 Å². The Morgan fingerprint density at radius 1 is 1.47 bits per heavy atom. The SMILES string of the molecule is CC1(C(=O)O)CCCN(C(=O)NCC2CCCS2)C1. The van der Waals surface area contributed by atoms with Crippen molar-refractivity contribution in [3.63, 3.8) is 0 Å². The van der Waals surface area contributed by atoms with Crippen LogP contribution in [0.25, 0.3) is 0 Å². The Labute approximate surface area is 118 Å². The van der Waals surface area contributed by atoms with Gasteiger partial charge < -0.3 is 15.3 Å². The number of carbonyl (C=O) groups excluding carboxylic acids is 1. The molecule has 2 saturated heterocycles. The van der Waals surface area contributed by atoms with Crippen molar-refractivity contribution < 1.29 is 14.7 Å². The Kier molecular flexibility index (Phi) is 4.60. The van der Waals surface area contributed by atoms with E-state index in [1.54, 1.807) is 11.8 Å². The Bertz CT molecular complexity index is 358. The zero-order valence-electron chi connectivity index (χ0n) is 11.4. The molecule has 0 aromatic heterocycles. The van der Waals surface area contributed by atoms with Gasteiger partial charge in [0.2, 0.25) is 0 Å². The smallest absolute Gasteiger partial charge is 0.317 e. The van der Waals surface area contributed by atoms with Crippen LogP contribution in [-0.4, -0.2) is 52.6 Å².